The van der Waals surface area contributed by atoms with Crippen molar-refractivity contribution in [3.63, 3.8) is 0 Å². The summed E-state index contributed by atoms with van der Waals surface area (Å²) in [6.45, 7) is 6.26. The molecule has 0 saturated carbocycles. The zero-order chi connectivity index (χ0) is 13.0. The van der Waals surface area contributed by atoms with Gasteiger partial charge < -0.3 is 10.6 Å². The number of guanidine groups is 1. The minimum Gasteiger partial charge on any atom is -0.370 e. The van der Waals surface area contributed by atoms with Crippen LogP contribution in [0.4, 0.5) is 0 Å². The van der Waals surface area contributed by atoms with E-state index in [9.17, 15) is 0 Å². The van der Waals surface area contributed by atoms with E-state index in [1.165, 1.54) is 5.56 Å². The van der Waals surface area contributed by atoms with Gasteiger partial charge in [-0.15, -0.1) is 0 Å². The largest absolute Gasteiger partial charge is 0.370 e. The second-order valence-electron chi connectivity index (χ2n) is 4.96. The molecule has 0 saturated heterocycles. The molecule has 0 radical (unpaired) electrons. The third kappa shape index (κ3) is 2.81. The fraction of sp³-hybridized carbons (Fsp3) is 0.571. The lowest BCUT2D eigenvalue weighted by Crippen LogP contribution is -2.44. The maximum Gasteiger partial charge on any atom is 0.191 e. The Kier molecular flexibility index (Phi) is 4.18. The summed E-state index contributed by atoms with van der Waals surface area (Å²) in [5.74, 6) is 1.33. The molecule has 0 amide bonds. The molecule has 4 nitrogen and oxygen atoms in total. The topological polar surface area (TPSA) is 54.5 Å². The average molecular weight is 246 g/mol. The van der Waals surface area contributed by atoms with Crippen molar-refractivity contribution in [1.29, 1.82) is 0 Å². The van der Waals surface area contributed by atoms with Crippen LogP contribution in [0, 0.1) is 5.92 Å². The lowest BCUT2D eigenvalue weighted by molar-refractivity contribution is 0.259. The lowest BCUT2D eigenvalue weighted by Gasteiger charge is -2.30. The number of hydrogen-bond acceptors (Lipinski definition) is 4. The molecule has 1 aliphatic rings. The predicted octanol–water partition coefficient (Wildman–Crippen LogP) is 1.67. The Bertz CT molecular complexity index is 402. The van der Waals surface area contributed by atoms with E-state index in [1.54, 1.807) is 6.20 Å². The van der Waals surface area contributed by atoms with Crippen LogP contribution in [0.5, 0.6) is 0 Å². The van der Waals surface area contributed by atoms with E-state index in [2.05, 4.69) is 34.8 Å². The summed E-state index contributed by atoms with van der Waals surface area (Å²) in [7, 11) is 0. The second-order valence-corrected chi connectivity index (χ2v) is 4.96. The van der Waals surface area contributed by atoms with Crippen LogP contribution in [-0.2, 0) is 6.42 Å². The van der Waals surface area contributed by atoms with E-state index in [4.69, 9.17) is 5.73 Å². The number of nitrogens with zero attached hydrogens (tertiary/aromatic N) is 3. The molecule has 4 heteroatoms. The van der Waals surface area contributed by atoms with Crippen LogP contribution in [0.25, 0.3) is 0 Å². The van der Waals surface area contributed by atoms with Gasteiger partial charge in [-0.2, -0.15) is 0 Å². The maximum absolute atomic E-state index is 5.99. The summed E-state index contributed by atoms with van der Waals surface area (Å²) in [6.07, 6.45) is 5.85. The molecule has 1 aromatic heterocycles. The Labute approximate surface area is 109 Å². The lowest BCUT2D eigenvalue weighted by atomic mass is 9.98. The van der Waals surface area contributed by atoms with Crippen LogP contribution in [0.3, 0.4) is 0 Å². The normalized spacial score (nSPS) is 20.9. The van der Waals surface area contributed by atoms with Crippen LogP contribution in [0.2, 0.25) is 0 Å². The van der Waals surface area contributed by atoms with E-state index >= 15 is 0 Å². The second kappa shape index (κ2) is 5.85. The van der Waals surface area contributed by atoms with Crippen LogP contribution >= 0.6 is 0 Å². The van der Waals surface area contributed by atoms with E-state index in [0.29, 0.717) is 17.9 Å². The van der Waals surface area contributed by atoms with Crippen LogP contribution in [0.1, 0.15) is 25.8 Å². The summed E-state index contributed by atoms with van der Waals surface area (Å²) in [5, 5.41) is 0. The van der Waals surface area contributed by atoms with Crippen molar-refractivity contribution in [2.75, 3.05) is 13.1 Å². The van der Waals surface area contributed by atoms with Gasteiger partial charge in [0.2, 0.25) is 0 Å². The molecule has 0 aromatic carbocycles. The highest BCUT2D eigenvalue weighted by Gasteiger charge is 2.29. The van der Waals surface area contributed by atoms with Gasteiger partial charge in [0.1, 0.15) is 0 Å². The Morgan fingerprint density at radius 1 is 1.56 bits per heavy atom. The van der Waals surface area contributed by atoms with Gasteiger partial charge in [0.05, 0.1) is 12.6 Å². The fourth-order valence-electron chi connectivity index (χ4n) is 2.38. The molecule has 1 aromatic rings. The third-order valence-electron chi connectivity index (χ3n) is 3.80. The standard InChI is InChI=1S/C14H22N4/c1-3-11(2)13-10-17-14(15)18(13)8-6-12-5-4-7-16-9-12/h4-5,7,9,11,13H,3,6,8,10H2,1-2H3,(H2,15,17)/t11?,13-/m1/s1. The highest BCUT2D eigenvalue weighted by molar-refractivity contribution is 5.80. The first kappa shape index (κ1) is 12.9. The van der Waals surface area contributed by atoms with Gasteiger partial charge in [-0.25, -0.2) is 0 Å². The predicted molar refractivity (Wildman–Crippen MR) is 74.4 cm³/mol. The molecule has 1 unspecified atom stereocenters. The molecule has 0 bridgehead atoms. The summed E-state index contributed by atoms with van der Waals surface area (Å²) < 4.78 is 0. The first-order chi connectivity index (χ1) is 8.72. The van der Waals surface area contributed by atoms with Gasteiger partial charge in [0, 0.05) is 18.9 Å². The highest BCUT2D eigenvalue weighted by atomic mass is 15.3. The number of pyridine rings is 1. The summed E-state index contributed by atoms with van der Waals surface area (Å²) in [6, 6.07) is 4.55. The van der Waals surface area contributed by atoms with E-state index in [0.717, 1.165) is 25.9 Å². The number of aromatic nitrogens is 1. The summed E-state index contributed by atoms with van der Waals surface area (Å²) >= 11 is 0. The van der Waals surface area contributed by atoms with Gasteiger partial charge >= 0.3 is 0 Å². The average Bonchev–Trinajstić information content (AvgIpc) is 2.78. The monoisotopic (exact) mass is 246 g/mol. The Balaban J connectivity index is 1.96. The Morgan fingerprint density at radius 3 is 3.06 bits per heavy atom. The quantitative estimate of drug-likeness (QED) is 0.860. The highest BCUT2D eigenvalue weighted by Crippen LogP contribution is 2.19. The molecular weight excluding hydrogens is 224 g/mol. The molecule has 2 N–H and O–H groups in total. The molecule has 0 aliphatic carbocycles. The Hall–Kier alpha value is -1.58. The Morgan fingerprint density at radius 2 is 2.39 bits per heavy atom. The molecule has 0 spiro atoms. The first-order valence-electron chi connectivity index (χ1n) is 6.67. The third-order valence-corrected chi connectivity index (χ3v) is 3.80. The molecule has 0 fully saturated rings. The number of hydrogen-bond donors (Lipinski definition) is 1. The minimum absolute atomic E-state index is 0.465. The van der Waals surface area contributed by atoms with E-state index in [1.807, 2.05) is 12.3 Å². The smallest absolute Gasteiger partial charge is 0.191 e. The number of rotatable bonds is 5. The zero-order valence-electron chi connectivity index (χ0n) is 11.2. The van der Waals surface area contributed by atoms with E-state index in [-0.39, 0.29) is 0 Å². The molecule has 1 aliphatic heterocycles. The zero-order valence-corrected chi connectivity index (χ0v) is 11.2. The molecule has 98 valence electrons. The number of nitrogens with two attached hydrogens (primary N) is 1. The van der Waals surface area contributed by atoms with Crippen molar-refractivity contribution >= 4 is 5.96 Å². The fourth-order valence-corrected chi connectivity index (χ4v) is 2.38. The molecule has 2 rings (SSSR count). The molecular formula is C14H22N4. The molecule has 2 heterocycles. The van der Waals surface area contributed by atoms with Crippen LogP contribution < -0.4 is 5.73 Å². The van der Waals surface area contributed by atoms with Crippen LogP contribution in [-0.4, -0.2) is 35.0 Å². The van der Waals surface area contributed by atoms with Gasteiger partial charge in [-0.05, 0) is 24.0 Å². The SMILES string of the molecule is CCC(C)[C@H]1CN=C(N)N1CCc1cccnc1. The van der Waals surface area contributed by atoms with E-state index < -0.39 is 0 Å². The van der Waals surface area contributed by atoms with Crippen molar-refractivity contribution in [2.45, 2.75) is 32.7 Å². The van der Waals surface area contributed by atoms with Crippen LogP contribution in [0.15, 0.2) is 29.5 Å². The van der Waals surface area contributed by atoms with Crippen molar-refractivity contribution in [1.82, 2.24) is 9.88 Å². The van der Waals surface area contributed by atoms with Crippen molar-refractivity contribution < 1.29 is 0 Å². The summed E-state index contributed by atoms with van der Waals surface area (Å²) in [4.78, 5) is 10.8. The van der Waals surface area contributed by atoms with Gasteiger partial charge in [-0.3, -0.25) is 9.98 Å². The number of aliphatic imine (C=N–C) groups is 1. The van der Waals surface area contributed by atoms with Crippen molar-refractivity contribution in [2.24, 2.45) is 16.6 Å². The van der Waals surface area contributed by atoms with Crippen molar-refractivity contribution in [3.8, 4) is 0 Å². The van der Waals surface area contributed by atoms with Gasteiger partial charge in [-0.1, -0.05) is 26.3 Å². The first-order valence-corrected chi connectivity index (χ1v) is 6.67. The van der Waals surface area contributed by atoms with Gasteiger partial charge in [0.15, 0.2) is 5.96 Å². The summed E-state index contributed by atoms with van der Waals surface area (Å²) in [5.41, 5.74) is 7.24. The maximum atomic E-state index is 5.99. The molecule has 18 heavy (non-hydrogen) atoms. The minimum atomic E-state index is 0.465. The van der Waals surface area contributed by atoms with Gasteiger partial charge in [0.25, 0.3) is 0 Å². The molecule has 2 atom stereocenters. The van der Waals surface area contributed by atoms with Crippen molar-refractivity contribution in [3.05, 3.63) is 30.1 Å².